The molecule has 0 spiro atoms. The maximum Gasteiger partial charge on any atom is 0.0946 e. The minimum atomic E-state index is -0.121. The zero-order valence-corrected chi connectivity index (χ0v) is 10.6. The van der Waals surface area contributed by atoms with Crippen molar-refractivity contribution in [3.8, 4) is 0 Å². The van der Waals surface area contributed by atoms with Crippen LogP contribution in [0, 0.1) is 0 Å². The molecule has 5 nitrogen and oxygen atoms in total. The standard InChI is InChI=1S/C14H15N5/c1-19-9-16-8-13(19)14(18-15)11-6-10-4-2-3-5-12(10)17-7-11/h2-9,14,18H,15H2,1H3. The highest BCUT2D eigenvalue weighted by Crippen LogP contribution is 2.23. The van der Waals surface area contributed by atoms with Gasteiger partial charge in [-0.1, -0.05) is 18.2 Å². The van der Waals surface area contributed by atoms with Crippen LogP contribution in [0.2, 0.25) is 0 Å². The zero-order valence-electron chi connectivity index (χ0n) is 10.6. The minimum Gasteiger partial charge on any atom is -0.336 e. The molecule has 2 heterocycles. The lowest BCUT2D eigenvalue weighted by atomic mass is 10.0. The molecule has 0 radical (unpaired) electrons. The molecule has 1 aromatic carbocycles. The number of pyridine rings is 1. The molecule has 0 fully saturated rings. The quantitative estimate of drug-likeness (QED) is 0.548. The van der Waals surface area contributed by atoms with E-state index in [0.29, 0.717) is 0 Å². The van der Waals surface area contributed by atoms with E-state index in [4.69, 9.17) is 5.84 Å². The highest BCUT2D eigenvalue weighted by atomic mass is 15.2. The molecule has 1 atom stereocenters. The molecule has 19 heavy (non-hydrogen) atoms. The number of aryl methyl sites for hydroxylation is 1. The predicted octanol–water partition coefficient (Wildman–Crippen LogP) is 1.52. The number of nitrogens with one attached hydrogen (secondary N) is 1. The highest BCUT2D eigenvalue weighted by molar-refractivity contribution is 5.78. The summed E-state index contributed by atoms with van der Waals surface area (Å²) in [4.78, 5) is 8.59. The summed E-state index contributed by atoms with van der Waals surface area (Å²) in [5.41, 5.74) is 5.82. The molecular weight excluding hydrogens is 238 g/mol. The number of hydrazine groups is 1. The monoisotopic (exact) mass is 253 g/mol. The van der Waals surface area contributed by atoms with Crippen LogP contribution < -0.4 is 11.3 Å². The van der Waals surface area contributed by atoms with E-state index in [1.54, 1.807) is 12.5 Å². The number of nitrogens with zero attached hydrogens (tertiary/aromatic N) is 3. The molecule has 0 aliphatic carbocycles. The Labute approximate surface area is 111 Å². The van der Waals surface area contributed by atoms with Gasteiger partial charge in [0, 0.05) is 18.6 Å². The molecule has 2 aromatic heterocycles. The maximum absolute atomic E-state index is 5.69. The number of fused-ring (bicyclic) bond motifs is 1. The molecule has 0 aliphatic heterocycles. The predicted molar refractivity (Wildman–Crippen MR) is 74.1 cm³/mol. The van der Waals surface area contributed by atoms with Gasteiger partial charge in [0.25, 0.3) is 0 Å². The number of imidazole rings is 1. The molecular formula is C14H15N5. The maximum atomic E-state index is 5.69. The van der Waals surface area contributed by atoms with E-state index in [2.05, 4.69) is 21.5 Å². The number of aromatic nitrogens is 3. The Balaban J connectivity index is 2.09. The second-order valence-corrected chi connectivity index (χ2v) is 4.49. The van der Waals surface area contributed by atoms with Crippen molar-refractivity contribution in [1.82, 2.24) is 20.0 Å². The van der Waals surface area contributed by atoms with E-state index in [1.807, 2.05) is 42.1 Å². The van der Waals surface area contributed by atoms with E-state index in [0.717, 1.165) is 22.2 Å². The Morgan fingerprint density at radius 1 is 1.26 bits per heavy atom. The topological polar surface area (TPSA) is 68.8 Å². The van der Waals surface area contributed by atoms with E-state index in [-0.39, 0.29) is 6.04 Å². The van der Waals surface area contributed by atoms with Crippen molar-refractivity contribution in [2.45, 2.75) is 6.04 Å². The Kier molecular flexibility index (Phi) is 2.98. The molecule has 5 heteroatoms. The lowest BCUT2D eigenvalue weighted by Gasteiger charge is -2.17. The van der Waals surface area contributed by atoms with Crippen molar-refractivity contribution in [2.75, 3.05) is 0 Å². The number of hydrogen-bond acceptors (Lipinski definition) is 4. The van der Waals surface area contributed by atoms with Gasteiger partial charge in [-0.15, -0.1) is 0 Å². The van der Waals surface area contributed by atoms with Crippen LogP contribution >= 0.6 is 0 Å². The fourth-order valence-corrected chi connectivity index (χ4v) is 2.24. The van der Waals surface area contributed by atoms with Crippen LogP contribution in [0.4, 0.5) is 0 Å². The zero-order chi connectivity index (χ0) is 13.2. The van der Waals surface area contributed by atoms with Crippen molar-refractivity contribution >= 4 is 10.9 Å². The molecule has 0 aliphatic rings. The average Bonchev–Trinajstić information content (AvgIpc) is 2.86. The molecule has 0 bridgehead atoms. The molecule has 3 rings (SSSR count). The lowest BCUT2D eigenvalue weighted by molar-refractivity contribution is 0.596. The number of benzene rings is 1. The van der Waals surface area contributed by atoms with Crippen molar-refractivity contribution in [2.24, 2.45) is 12.9 Å². The minimum absolute atomic E-state index is 0.121. The number of para-hydroxylation sites is 1. The lowest BCUT2D eigenvalue weighted by Crippen LogP contribution is -2.30. The normalized spacial score (nSPS) is 12.7. The highest BCUT2D eigenvalue weighted by Gasteiger charge is 2.16. The summed E-state index contributed by atoms with van der Waals surface area (Å²) in [5.74, 6) is 5.69. The van der Waals surface area contributed by atoms with Gasteiger partial charge in [-0.3, -0.25) is 10.8 Å². The van der Waals surface area contributed by atoms with E-state index >= 15 is 0 Å². The number of nitrogens with two attached hydrogens (primary N) is 1. The Morgan fingerprint density at radius 2 is 2.11 bits per heavy atom. The fraction of sp³-hybridized carbons (Fsp3) is 0.143. The Hall–Kier alpha value is -2.24. The average molecular weight is 253 g/mol. The smallest absolute Gasteiger partial charge is 0.0946 e. The van der Waals surface area contributed by atoms with Crippen LogP contribution in [0.25, 0.3) is 10.9 Å². The molecule has 0 saturated carbocycles. The third kappa shape index (κ3) is 2.09. The summed E-state index contributed by atoms with van der Waals surface area (Å²) < 4.78 is 1.94. The van der Waals surface area contributed by atoms with E-state index < -0.39 is 0 Å². The number of hydrogen-bond donors (Lipinski definition) is 2. The third-order valence-electron chi connectivity index (χ3n) is 3.26. The van der Waals surface area contributed by atoms with Gasteiger partial charge in [-0.05, 0) is 17.7 Å². The summed E-state index contributed by atoms with van der Waals surface area (Å²) in [5, 5.41) is 1.10. The van der Waals surface area contributed by atoms with Crippen LogP contribution in [0.1, 0.15) is 17.3 Å². The van der Waals surface area contributed by atoms with Gasteiger partial charge in [0.15, 0.2) is 0 Å². The van der Waals surface area contributed by atoms with Gasteiger partial charge in [0.05, 0.1) is 29.8 Å². The van der Waals surface area contributed by atoms with Crippen molar-refractivity contribution in [1.29, 1.82) is 0 Å². The van der Waals surface area contributed by atoms with Crippen molar-refractivity contribution in [3.63, 3.8) is 0 Å². The summed E-state index contributed by atoms with van der Waals surface area (Å²) in [6.45, 7) is 0. The molecule has 0 amide bonds. The van der Waals surface area contributed by atoms with Crippen LogP contribution in [-0.2, 0) is 7.05 Å². The van der Waals surface area contributed by atoms with Crippen LogP contribution in [0.15, 0.2) is 49.1 Å². The van der Waals surface area contributed by atoms with Crippen LogP contribution in [0.3, 0.4) is 0 Å². The van der Waals surface area contributed by atoms with Crippen molar-refractivity contribution in [3.05, 3.63) is 60.3 Å². The summed E-state index contributed by atoms with van der Waals surface area (Å²) in [6.07, 6.45) is 5.41. The molecule has 1 unspecified atom stereocenters. The van der Waals surface area contributed by atoms with Crippen LogP contribution in [0.5, 0.6) is 0 Å². The van der Waals surface area contributed by atoms with Gasteiger partial charge in [-0.2, -0.15) is 0 Å². The molecule has 3 N–H and O–H groups in total. The first-order valence-electron chi connectivity index (χ1n) is 6.06. The Bertz CT molecular complexity index is 704. The molecule has 3 aromatic rings. The SMILES string of the molecule is Cn1cncc1C(NN)c1cnc2ccccc2c1. The first-order valence-corrected chi connectivity index (χ1v) is 6.06. The Morgan fingerprint density at radius 3 is 2.84 bits per heavy atom. The second-order valence-electron chi connectivity index (χ2n) is 4.49. The fourth-order valence-electron chi connectivity index (χ4n) is 2.24. The van der Waals surface area contributed by atoms with Crippen LogP contribution in [-0.4, -0.2) is 14.5 Å². The van der Waals surface area contributed by atoms with Gasteiger partial charge >= 0.3 is 0 Å². The van der Waals surface area contributed by atoms with Gasteiger partial charge in [0.1, 0.15) is 0 Å². The van der Waals surface area contributed by atoms with Gasteiger partial charge in [0.2, 0.25) is 0 Å². The first kappa shape index (κ1) is 11.8. The summed E-state index contributed by atoms with van der Waals surface area (Å²) >= 11 is 0. The number of rotatable bonds is 3. The van der Waals surface area contributed by atoms with Gasteiger partial charge < -0.3 is 4.57 Å². The first-order chi connectivity index (χ1) is 9.29. The summed E-state index contributed by atoms with van der Waals surface area (Å²) in [6, 6.07) is 10.00. The molecule has 96 valence electrons. The second kappa shape index (κ2) is 4.79. The van der Waals surface area contributed by atoms with Crippen molar-refractivity contribution < 1.29 is 0 Å². The third-order valence-corrected chi connectivity index (χ3v) is 3.26. The summed E-state index contributed by atoms with van der Waals surface area (Å²) in [7, 11) is 1.95. The van der Waals surface area contributed by atoms with Gasteiger partial charge in [-0.25, -0.2) is 10.4 Å². The molecule has 0 saturated heterocycles. The largest absolute Gasteiger partial charge is 0.336 e. The van der Waals surface area contributed by atoms with E-state index in [1.165, 1.54) is 0 Å². The van der Waals surface area contributed by atoms with E-state index in [9.17, 15) is 0 Å².